The van der Waals surface area contributed by atoms with Gasteiger partial charge in [0.1, 0.15) is 12.4 Å². The van der Waals surface area contributed by atoms with Gasteiger partial charge in [-0.15, -0.1) is 0 Å². The smallest absolute Gasteiger partial charge is 0.237 e. The largest absolute Gasteiger partial charge is 0.253 e. The van der Waals surface area contributed by atoms with Crippen molar-refractivity contribution < 1.29 is 4.57 Å². The Morgan fingerprint density at radius 3 is 2.38 bits per heavy atom. The van der Waals surface area contributed by atoms with Gasteiger partial charge in [0.15, 0.2) is 12.4 Å². The Morgan fingerprint density at radius 1 is 1.44 bits per heavy atom. The molecular formula is C11H18N5+. The number of aryl methyl sites for hydroxylation is 2. The zero-order valence-corrected chi connectivity index (χ0v) is 10.1. The van der Waals surface area contributed by atoms with Crippen LogP contribution in [0.2, 0.25) is 0 Å². The maximum absolute atomic E-state index is 7.48. The minimum Gasteiger partial charge on any atom is -0.237 e. The SMILES string of the molecule is CCCC[n+]1ccn(C)c1C.N#CNC#N. The molecule has 0 radical (unpaired) electrons. The van der Waals surface area contributed by atoms with Gasteiger partial charge in [-0.05, 0) is 6.42 Å². The molecular weight excluding hydrogens is 202 g/mol. The quantitative estimate of drug-likeness (QED) is 0.468. The van der Waals surface area contributed by atoms with Crippen molar-refractivity contribution in [2.75, 3.05) is 0 Å². The number of nitrogens with one attached hydrogen (secondary N) is 1. The van der Waals surface area contributed by atoms with Crippen LogP contribution in [0.5, 0.6) is 0 Å². The van der Waals surface area contributed by atoms with E-state index in [1.807, 2.05) is 0 Å². The van der Waals surface area contributed by atoms with Crippen LogP contribution in [0.4, 0.5) is 0 Å². The molecule has 0 spiro atoms. The Kier molecular flexibility index (Phi) is 7.27. The fourth-order valence-electron chi connectivity index (χ4n) is 1.19. The molecule has 0 saturated carbocycles. The van der Waals surface area contributed by atoms with E-state index in [1.165, 1.54) is 31.1 Å². The molecule has 1 aromatic rings. The molecule has 1 N–H and O–H groups in total. The van der Waals surface area contributed by atoms with Crippen molar-refractivity contribution in [2.45, 2.75) is 33.2 Å². The van der Waals surface area contributed by atoms with Crippen molar-refractivity contribution in [1.82, 2.24) is 9.88 Å². The van der Waals surface area contributed by atoms with E-state index in [0.29, 0.717) is 0 Å². The molecule has 0 amide bonds. The highest BCUT2D eigenvalue weighted by Gasteiger charge is 2.06. The van der Waals surface area contributed by atoms with Crippen molar-refractivity contribution in [3.63, 3.8) is 0 Å². The number of hydrogen-bond acceptors (Lipinski definition) is 3. The molecule has 0 bridgehead atoms. The molecule has 0 saturated heterocycles. The first-order chi connectivity index (χ1) is 7.67. The van der Waals surface area contributed by atoms with Crippen LogP contribution >= 0.6 is 0 Å². The zero-order valence-electron chi connectivity index (χ0n) is 10.1. The van der Waals surface area contributed by atoms with Gasteiger partial charge in [0.25, 0.3) is 5.82 Å². The van der Waals surface area contributed by atoms with Gasteiger partial charge in [-0.2, -0.15) is 10.5 Å². The summed E-state index contributed by atoms with van der Waals surface area (Å²) in [6, 6.07) is 0. The average molecular weight is 220 g/mol. The topological polar surface area (TPSA) is 68.4 Å². The summed E-state index contributed by atoms with van der Waals surface area (Å²) in [4.78, 5) is 0. The molecule has 1 aromatic heterocycles. The monoisotopic (exact) mass is 220 g/mol. The molecule has 0 aliphatic carbocycles. The summed E-state index contributed by atoms with van der Waals surface area (Å²) in [7, 11) is 2.08. The van der Waals surface area contributed by atoms with Crippen molar-refractivity contribution in [2.24, 2.45) is 7.05 Å². The number of hydrogen-bond donors (Lipinski definition) is 1. The number of nitrogens with zero attached hydrogens (tertiary/aromatic N) is 4. The van der Waals surface area contributed by atoms with Gasteiger partial charge in [0.2, 0.25) is 0 Å². The predicted octanol–water partition coefficient (Wildman–Crippen LogP) is 0.959. The highest BCUT2D eigenvalue weighted by molar-refractivity contribution is 4.77. The summed E-state index contributed by atoms with van der Waals surface area (Å²) >= 11 is 0. The van der Waals surface area contributed by atoms with Gasteiger partial charge in [0.05, 0.1) is 13.6 Å². The van der Waals surface area contributed by atoms with Crippen LogP contribution in [0, 0.1) is 29.8 Å². The van der Waals surface area contributed by atoms with E-state index in [2.05, 4.69) is 42.4 Å². The molecule has 0 atom stereocenters. The molecule has 5 nitrogen and oxygen atoms in total. The zero-order chi connectivity index (χ0) is 12.4. The second-order valence-electron chi connectivity index (χ2n) is 3.35. The van der Waals surface area contributed by atoms with Crippen LogP contribution in [0.25, 0.3) is 0 Å². The normalized spacial score (nSPS) is 8.31. The van der Waals surface area contributed by atoms with E-state index in [4.69, 9.17) is 10.5 Å². The minimum absolute atomic E-state index is 1.16. The molecule has 0 unspecified atom stereocenters. The fourth-order valence-corrected chi connectivity index (χ4v) is 1.19. The Bertz CT molecular complexity index is 368. The second kappa shape index (κ2) is 8.31. The molecule has 16 heavy (non-hydrogen) atoms. The molecule has 0 aliphatic heterocycles. The lowest BCUT2D eigenvalue weighted by molar-refractivity contribution is -0.702. The molecule has 5 heteroatoms. The first-order valence-corrected chi connectivity index (χ1v) is 5.21. The van der Waals surface area contributed by atoms with Crippen LogP contribution in [-0.2, 0) is 13.6 Å². The third kappa shape index (κ3) is 5.02. The standard InChI is InChI=1S/C9H17N2.C2HN3/c1-4-5-6-11-8-7-10(3)9(11)2;3-1-5-2-4/h7-8H,4-6H2,1-3H3;5H/q+1;. The molecule has 0 aliphatic rings. The van der Waals surface area contributed by atoms with E-state index in [1.54, 1.807) is 5.32 Å². The van der Waals surface area contributed by atoms with Crippen LogP contribution in [-0.4, -0.2) is 4.57 Å². The lowest BCUT2D eigenvalue weighted by Crippen LogP contribution is -2.35. The summed E-state index contributed by atoms with van der Waals surface area (Å²) in [5.41, 5.74) is 0. The second-order valence-corrected chi connectivity index (χ2v) is 3.35. The lowest BCUT2D eigenvalue weighted by Gasteiger charge is -1.95. The summed E-state index contributed by atoms with van der Waals surface area (Å²) in [5.74, 6) is 1.33. The highest BCUT2D eigenvalue weighted by Crippen LogP contribution is 1.91. The van der Waals surface area contributed by atoms with E-state index in [-0.39, 0.29) is 0 Å². The van der Waals surface area contributed by atoms with Gasteiger partial charge >= 0.3 is 0 Å². The van der Waals surface area contributed by atoms with Crippen LogP contribution in [0.1, 0.15) is 25.6 Å². The fraction of sp³-hybridized carbons (Fsp3) is 0.545. The van der Waals surface area contributed by atoms with E-state index < -0.39 is 0 Å². The van der Waals surface area contributed by atoms with Gasteiger partial charge < -0.3 is 0 Å². The summed E-state index contributed by atoms with van der Waals surface area (Å²) in [6.07, 6.45) is 9.60. The molecule has 0 aromatic carbocycles. The van der Waals surface area contributed by atoms with Gasteiger partial charge in [-0.1, -0.05) is 13.3 Å². The number of rotatable bonds is 3. The Labute approximate surface area is 96.5 Å². The summed E-state index contributed by atoms with van der Waals surface area (Å²) in [6.45, 7) is 5.53. The van der Waals surface area contributed by atoms with E-state index >= 15 is 0 Å². The predicted molar refractivity (Wildman–Crippen MR) is 59.6 cm³/mol. The summed E-state index contributed by atoms with van der Waals surface area (Å²) in [5, 5.41) is 16.7. The number of imidazole rings is 1. The number of nitriles is 2. The molecule has 86 valence electrons. The molecule has 1 rings (SSSR count). The lowest BCUT2D eigenvalue weighted by atomic mass is 10.3. The molecule has 1 heterocycles. The summed E-state index contributed by atoms with van der Waals surface area (Å²) < 4.78 is 4.44. The van der Waals surface area contributed by atoms with Crippen molar-refractivity contribution in [3.8, 4) is 12.4 Å². The Morgan fingerprint density at radius 2 is 2.06 bits per heavy atom. The van der Waals surface area contributed by atoms with Crippen LogP contribution in [0.15, 0.2) is 12.4 Å². The highest BCUT2D eigenvalue weighted by atomic mass is 15.1. The maximum Gasteiger partial charge on any atom is 0.253 e. The maximum atomic E-state index is 7.48. The van der Waals surface area contributed by atoms with Crippen LogP contribution in [0.3, 0.4) is 0 Å². The van der Waals surface area contributed by atoms with Gasteiger partial charge in [-0.25, -0.2) is 14.5 Å². The van der Waals surface area contributed by atoms with Crippen molar-refractivity contribution in [3.05, 3.63) is 18.2 Å². The van der Waals surface area contributed by atoms with Crippen molar-refractivity contribution in [1.29, 1.82) is 10.5 Å². The first kappa shape index (κ1) is 14.0. The Hall–Kier alpha value is -2.01. The third-order valence-electron chi connectivity index (χ3n) is 2.26. The van der Waals surface area contributed by atoms with E-state index in [9.17, 15) is 0 Å². The van der Waals surface area contributed by atoms with Crippen molar-refractivity contribution >= 4 is 0 Å². The van der Waals surface area contributed by atoms with Gasteiger partial charge in [0, 0.05) is 6.92 Å². The minimum atomic E-state index is 1.16. The Balaban J connectivity index is 0.000000385. The first-order valence-electron chi connectivity index (χ1n) is 5.21. The molecule has 0 fully saturated rings. The van der Waals surface area contributed by atoms with E-state index in [0.717, 1.165) is 6.54 Å². The third-order valence-corrected chi connectivity index (χ3v) is 2.26. The van der Waals surface area contributed by atoms with Gasteiger partial charge in [-0.3, -0.25) is 0 Å². The average Bonchev–Trinajstić information content (AvgIpc) is 2.59. The van der Waals surface area contributed by atoms with Crippen LogP contribution < -0.4 is 9.88 Å². The number of aromatic nitrogens is 2. The number of unbranched alkanes of at least 4 members (excludes halogenated alkanes) is 1.